The molecule has 1 aliphatic rings. The van der Waals surface area contributed by atoms with Crippen LogP contribution >= 0.6 is 0 Å². The number of aromatic nitrogens is 3. The number of nitrogens with zero attached hydrogens (tertiary/aromatic N) is 4. The molecule has 1 N–H and O–H groups in total. The standard InChI is InChI=1S/C16H30N4O/c1-4-9-20-15(17-13-18-20)12-14(21)16(3,5-2)19-10-7-6-8-11-19/h13-14,21H,4-12H2,1-3H3. The molecule has 2 heterocycles. The predicted molar refractivity (Wildman–Crippen MR) is 84.1 cm³/mol. The molecular weight excluding hydrogens is 264 g/mol. The third-order valence-electron chi connectivity index (χ3n) is 5.02. The number of likely N-dealkylation sites (tertiary alicyclic amines) is 1. The van der Waals surface area contributed by atoms with Gasteiger partial charge in [0.25, 0.3) is 0 Å². The number of piperidine rings is 1. The van der Waals surface area contributed by atoms with Crippen LogP contribution in [0.3, 0.4) is 0 Å². The molecular formula is C16H30N4O. The Hall–Kier alpha value is -0.940. The number of aryl methyl sites for hydroxylation is 1. The molecule has 1 aliphatic heterocycles. The Bertz CT molecular complexity index is 428. The maximum atomic E-state index is 10.9. The van der Waals surface area contributed by atoms with Gasteiger partial charge in [0.1, 0.15) is 12.2 Å². The van der Waals surface area contributed by atoms with E-state index in [1.54, 1.807) is 6.33 Å². The van der Waals surface area contributed by atoms with Gasteiger partial charge in [-0.25, -0.2) is 4.98 Å². The molecule has 0 saturated carbocycles. The SMILES string of the molecule is CCCn1ncnc1CC(O)C(C)(CC)N1CCCCC1. The number of hydrogen-bond acceptors (Lipinski definition) is 4. The molecule has 2 unspecified atom stereocenters. The van der Waals surface area contributed by atoms with E-state index < -0.39 is 6.10 Å². The molecule has 1 saturated heterocycles. The van der Waals surface area contributed by atoms with Gasteiger partial charge in [-0.3, -0.25) is 9.58 Å². The Morgan fingerprint density at radius 2 is 2.00 bits per heavy atom. The van der Waals surface area contributed by atoms with E-state index in [0.717, 1.165) is 38.3 Å². The van der Waals surface area contributed by atoms with Gasteiger partial charge >= 0.3 is 0 Å². The smallest absolute Gasteiger partial charge is 0.138 e. The fourth-order valence-corrected chi connectivity index (χ4v) is 3.31. The summed E-state index contributed by atoms with van der Waals surface area (Å²) in [4.78, 5) is 6.81. The van der Waals surface area contributed by atoms with E-state index in [4.69, 9.17) is 0 Å². The van der Waals surface area contributed by atoms with Crippen molar-refractivity contribution in [1.29, 1.82) is 0 Å². The van der Waals surface area contributed by atoms with E-state index >= 15 is 0 Å². The average molecular weight is 294 g/mol. The minimum atomic E-state index is -0.402. The summed E-state index contributed by atoms with van der Waals surface area (Å²) in [5.74, 6) is 0.904. The molecule has 0 aliphatic carbocycles. The van der Waals surface area contributed by atoms with Crippen molar-refractivity contribution in [2.45, 2.75) is 77.5 Å². The van der Waals surface area contributed by atoms with E-state index in [1.165, 1.54) is 19.3 Å². The summed E-state index contributed by atoms with van der Waals surface area (Å²) >= 11 is 0. The summed E-state index contributed by atoms with van der Waals surface area (Å²) in [6.45, 7) is 9.57. The van der Waals surface area contributed by atoms with Crippen LogP contribution in [0.25, 0.3) is 0 Å². The highest BCUT2D eigenvalue weighted by molar-refractivity contribution is 4.99. The summed E-state index contributed by atoms with van der Waals surface area (Å²) in [6.07, 6.45) is 7.57. The van der Waals surface area contributed by atoms with Crippen molar-refractivity contribution in [1.82, 2.24) is 19.7 Å². The molecule has 5 heteroatoms. The van der Waals surface area contributed by atoms with Crippen molar-refractivity contribution >= 4 is 0 Å². The first-order chi connectivity index (χ1) is 10.1. The predicted octanol–water partition coefficient (Wildman–Crippen LogP) is 2.25. The number of rotatable bonds is 7. The zero-order valence-corrected chi connectivity index (χ0v) is 13.8. The second kappa shape index (κ2) is 7.36. The van der Waals surface area contributed by atoms with E-state index in [0.29, 0.717) is 6.42 Å². The molecule has 120 valence electrons. The number of aliphatic hydroxyl groups excluding tert-OH is 1. The molecule has 0 aromatic carbocycles. The normalized spacial score (nSPS) is 21.1. The lowest BCUT2D eigenvalue weighted by Gasteiger charge is -2.46. The van der Waals surface area contributed by atoms with Gasteiger partial charge in [-0.15, -0.1) is 0 Å². The van der Waals surface area contributed by atoms with Crippen LogP contribution in [0.1, 0.15) is 58.7 Å². The van der Waals surface area contributed by atoms with Gasteiger partial charge in [-0.1, -0.05) is 20.3 Å². The fraction of sp³-hybridized carbons (Fsp3) is 0.875. The minimum Gasteiger partial charge on any atom is -0.391 e. The lowest BCUT2D eigenvalue weighted by molar-refractivity contribution is -0.0341. The quantitative estimate of drug-likeness (QED) is 0.838. The maximum absolute atomic E-state index is 10.9. The largest absolute Gasteiger partial charge is 0.391 e. The summed E-state index contributed by atoms with van der Waals surface area (Å²) < 4.78 is 1.93. The van der Waals surface area contributed by atoms with Crippen LogP contribution in [-0.4, -0.2) is 49.5 Å². The van der Waals surface area contributed by atoms with Crippen LogP contribution in [-0.2, 0) is 13.0 Å². The first-order valence-corrected chi connectivity index (χ1v) is 8.41. The molecule has 0 spiro atoms. The zero-order chi connectivity index (χ0) is 15.3. The van der Waals surface area contributed by atoms with Crippen molar-refractivity contribution in [3.8, 4) is 0 Å². The van der Waals surface area contributed by atoms with Crippen molar-refractivity contribution < 1.29 is 5.11 Å². The van der Waals surface area contributed by atoms with Gasteiger partial charge in [0.2, 0.25) is 0 Å². The molecule has 2 rings (SSSR count). The van der Waals surface area contributed by atoms with Crippen LogP contribution in [0.5, 0.6) is 0 Å². The van der Waals surface area contributed by atoms with Crippen LogP contribution in [0.4, 0.5) is 0 Å². The third-order valence-corrected chi connectivity index (χ3v) is 5.02. The molecule has 0 radical (unpaired) electrons. The Balaban J connectivity index is 2.08. The first-order valence-electron chi connectivity index (χ1n) is 8.41. The summed E-state index contributed by atoms with van der Waals surface area (Å²) in [5.41, 5.74) is -0.163. The molecule has 0 amide bonds. The van der Waals surface area contributed by atoms with E-state index in [2.05, 4.69) is 35.8 Å². The Kier molecular flexibility index (Phi) is 5.76. The fourth-order valence-electron chi connectivity index (χ4n) is 3.31. The average Bonchev–Trinajstić information content (AvgIpc) is 2.95. The maximum Gasteiger partial charge on any atom is 0.138 e. The van der Waals surface area contributed by atoms with Crippen LogP contribution in [0.2, 0.25) is 0 Å². The van der Waals surface area contributed by atoms with Gasteiger partial charge in [-0.2, -0.15) is 5.10 Å². The molecule has 2 atom stereocenters. The molecule has 1 aromatic heterocycles. The summed E-state index contributed by atoms with van der Waals surface area (Å²) in [5, 5.41) is 15.1. The number of hydrogen-bond donors (Lipinski definition) is 1. The Labute approximate surface area is 128 Å². The second-order valence-corrected chi connectivity index (χ2v) is 6.38. The minimum absolute atomic E-state index is 0.163. The molecule has 5 nitrogen and oxygen atoms in total. The molecule has 21 heavy (non-hydrogen) atoms. The molecule has 1 fully saturated rings. The van der Waals surface area contributed by atoms with E-state index in [-0.39, 0.29) is 5.54 Å². The van der Waals surface area contributed by atoms with E-state index in [1.807, 2.05) is 4.68 Å². The molecule has 0 bridgehead atoms. The van der Waals surface area contributed by atoms with Gasteiger partial charge < -0.3 is 5.11 Å². The molecule has 1 aromatic rings. The lowest BCUT2D eigenvalue weighted by atomic mass is 9.85. The lowest BCUT2D eigenvalue weighted by Crippen LogP contribution is -2.56. The van der Waals surface area contributed by atoms with Gasteiger partial charge in [0.05, 0.1) is 6.10 Å². The van der Waals surface area contributed by atoms with Crippen molar-refractivity contribution in [2.24, 2.45) is 0 Å². The van der Waals surface area contributed by atoms with Crippen molar-refractivity contribution in [3.05, 3.63) is 12.2 Å². The van der Waals surface area contributed by atoms with Gasteiger partial charge in [-0.05, 0) is 45.7 Å². The first kappa shape index (κ1) is 16.4. The topological polar surface area (TPSA) is 54.2 Å². The summed E-state index contributed by atoms with van der Waals surface area (Å²) in [7, 11) is 0. The van der Waals surface area contributed by atoms with E-state index in [9.17, 15) is 5.11 Å². The third kappa shape index (κ3) is 3.64. The zero-order valence-electron chi connectivity index (χ0n) is 13.8. The van der Waals surface area contributed by atoms with Gasteiger partial charge in [0.15, 0.2) is 0 Å². The van der Waals surface area contributed by atoms with Crippen molar-refractivity contribution in [3.63, 3.8) is 0 Å². The van der Waals surface area contributed by atoms with Crippen LogP contribution in [0, 0.1) is 0 Å². The Morgan fingerprint density at radius 1 is 1.29 bits per heavy atom. The highest BCUT2D eigenvalue weighted by Crippen LogP contribution is 2.29. The monoisotopic (exact) mass is 294 g/mol. The van der Waals surface area contributed by atoms with Gasteiger partial charge in [0, 0.05) is 18.5 Å². The van der Waals surface area contributed by atoms with Crippen LogP contribution in [0.15, 0.2) is 6.33 Å². The Morgan fingerprint density at radius 3 is 2.62 bits per heavy atom. The number of aliphatic hydroxyl groups is 1. The highest BCUT2D eigenvalue weighted by atomic mass is 16.3. The van der Waals surface area contributed by atoms with Crippen molar-refractivity contribution in [2.75, 3.05) is 13.1 Å². The summed E-state index contributed by atoms with van der Waals surface area (Å²) in [6, 6.07) is 0. The second-order valence-electron chi connectivity index (χ2n) is 6.38. The van der Waals surface area contributed by atoms with Crippen LogP contribution < -0.4 is 0 Å². The highest BCUT2D eigenvalue weighted by Gasteiger charge is 2.38.